The van der Waals surface area contributed by atoms with Crippen molar-refractivity contribution in [3.63, 3.8) is 0 Å². The van der Waals surface area contributed by atoms with Crippen molar-refractivity contribution in [3.8, 4) is 11.3 Å². The largest absolute Gasteiger partial charge is 0.348 e. The molecule has 1 fully saturated rings. The van der Waals surface area contributed by atoms with E-state index in [4.69, 9.17) is 0 Å². The maximum atomic E-state index is 13.0. The van der Waals surface area contributed by atoms with Gasteiger partial charge in [0.15, 0.2) is 0 Å². The van der Waals surface area contributed by atoms with Crippen molar-refractivity contribution in [2.75, 3.05) is 13.6 Å². The normalized spacial score (nSPS) is 19.0. The molecule has 0 spiro atoms. The molecule has 1 saturated heterocycles. The number of likely N-dealkylation sites (tertiary alicyclic amines) is 1. The summed E-state index contributed by atoms with van der Waals surface area (Å²) >= 11 is 1.51. The number of likely N-dealkylation sites (N-methyl/N-ethyl adjacent to an activating group) is 1. The molecule has 1 atom stereocenters. The quantitative estimate of drug-likeness (QED) is 0.921. The highest BCUT2D eigenvalue weighted by molar-refractivity contribution is 7.09. The number of rotatable bonds is 4. The molecule has 1 aromatic carbocycles. The highest BCUT2D eigenvalue weighted by Crippen LogP contribution is 2.22. The zero-order valence-electron chi connectivity index (χ0n) is 13.8. The lowest BCUT2D eigenvalue weighted by Crippen LogP contribution is -2.44. The second-order valence-corrected chi connectivity index (χ2v) is 7.14. The second-order valence-electron chi connectivity index (χ2n) is 6.20. The average molecular weight is 347 g/mol. The summed E-state index contributed by atoms with van der Waals surface area (Å²) in [5, 5.41) is 5.81. The Labute approximate surface area is 145 Å². The van der Waals surface area contributed by atoms with Gasteiger partial charge in [-0.3, -0.25) is 9.69 Å². The predicted molar refractivity (Wildman–Crippen MR) is 94.2 cm³/mol. The molecule has 1 aliphatic rings. The fourth-order valence-electron chi connectivity index (χ4n) is 3.01. The summed E-state index contributed by atoms with van der Waals surface area (Å²) in [6, 6.07) is 6.25. The molecule has 128 valence electrons. The van der Waals surface area contributed by atoms with Gasteiger partial charge in [0.25, 0.3) is 0 Å². The summed E-state index contributed by atoms with van der Waals surface area (Å²) < 4.78 is 13.0. The number of aromatic nitrogens is 1. The zero-order valence-corrected chi connectivity index (χ0v) is 14.6. The van der Waals surface area contributed by atoms with Crippen molar-refractivity contribution in [1.29, 1.82) is 0 Å². The van der Waals surface area contributed by atoms with E-state index in [0.717, 1.165) is 42.1 Å². The van der Waals surface area contributed by atoms with Crippen molar-refractivity contribution in [1.82, 2.24) is 15.2 Å². The number of carbonyl (C=O) groups excluding carboxylic acids is 1. The van der Waals surface area contributed by atoms with Crippen molar-refractivity contribution < 1.29 is 9.18 Å². The van der Waals surface area contributed by atoms with E-state index in [1.54, 1.807) is 12.1 Å². The molecule has 1 unspecified atom stereocenters. The van der Waals surface area contributed by atoms with Crippen LogP contribution in [0.1, 0.15) is 30.7 Å². The highest BCUT2D eigenvalue weighted by atomic mass is 32.1. The Hall–Kier alpha value is -1.79. The SMILES string of the molecule is CN1CCCCCC1C(=O)NCc1nc(-c2ccc(F)cc2)cs1. The van der Waals surface area contributed by atoms with Crippen molar-refractivity contribution in [2.24, 2.45) is 0 Å². The summed E-state index contributed by atoms with van der Waals surface area (Å²) in [5.74, 6) is -0.174. The zero-order chi connectivity index (χ0) is 16.9. The Balaban J connectivity index is 1.58. The number of halogens is 1. The minimum absolute atomic E-state index is 0.0379. The van der Waals surface area contributed by atoms with Gasteiger partial charge in [-0.1, -0.05) is 12.8 Å². The molecule has 2 heterocycles. The number of amides is 1. The van der Waals surface area contributed by atoms with Crippen molar-refractivity contribution in [3.05, 3.63) is 40.5 Å². The molecule has 4 nitrogen and oxygen atoms in total. The van der Waals surface area contributed by atoms with Crippen LogP contribution >= 0.6 is 11.3 Å². The smallest absolute Gasteiger partial charge is 0.237 e. The van der Waals surface area contributed by atoms with E-state index in [2.05, 4.69) is 15.2 Å². The van der Waals surface area contributed by atoms with Gasteiger partial charge < -0.3 is 5.32 Å². The predicted octanol–water partition coefficient (Wildman–Crippen LogP) is 3.44. The van der Waals surface area contributed by atoms with Crippen LogP contribution in [0.2, 0.25) is 0 Å². The van der Waals surface area contributed by atoms with Crippen LogP contribution in [0.25, 0.3) is 11.3 Å². The summed E-state index contributed by atoms with van der Waals surface area (Å²) in [5.41, 5.74) is 1.70. The lowest BCUT2D eigenvalue weighted by Gasteiger charge is -2.24. The fourth-order valence-corrected chi connectivity index (χ4v) is 3.75. The molecule has 0 aliphatic carbocycles. The van der Waals surface area contributed by atoms with Gasteiger partial charge in [0.1, 0.15) is 10.8 Å². The number of carbonyl (C=O) groups is 1. The first-order chi connectivity index (χ1) is 11.6. The van der Waals surface area contributed by atoms with Crippen LogP contribution < -0.4 is 5.32 Å². The fraction of sp³-hybridized carbons (Fsp3) is 0.444. The van der Waals surface area contributed by atoms with Gasteiger partial charge in [-0.2, -0.15) is 0 Å². The lowest BCUT2D eigenvalue weighted by atomic mass is 10.1. The Bertz CT molecular complexity index is 686. The molecule has 1 aliphatic heterocycles. The van der Waals surface area contributed by atoms with Crippen LogP contribution in [0.3, 0.4) is 0 Å². The third kappa shape index (κ3) is 4.19. The lowest BCUT2D eigenvalue weighted by molar-refractivity contribution is -0.126. The van der Waals surface area contributed by atoms with Crippen LogP contribution in [0, 0.1) is 5.82 Å². The second kappa shape index (κ2) is 7.85. The third-order valence-electron chi connectivity index (χ3n) is 4.43. The number of hydrogen-bond donors (Lipinski definition) is 1. The van der Waals surface area contributed by atoms with E-state index in [-0.39, 0.29) is 17.8 Å². The molecule has 24 heavy (non-hydrogen) atoms. The van der Waals surface area contributed by atoms with Gasteiger partial charge in [-0.25, -0.2) is 9.37 Å². The molecule has 1 aromatic heterocycles. The third-order valence-corrected chi connectivity index (χ3v) is 5.28. The first kappa shape index (κ1) is 17.0. The first-order valence-electron chi connectivity index (χ1n) is 8.32. The van der Waals surface area contributed by atoms with Gasteiger partial charge in [0.2, 0.25) is 5.91 Å². The molecule has 1 amide bonds. The van der Waals surface area contributed by atoms with E-state index in [9.17, 15) is 9.18 Å². The van der Waals surface area contributed by atoms with Gasteiger partial charge in [0, 0.05) is 10.9 Å². The average Bonchev–Trinajstić information content (AvgIpc) is 2.95. The molecular formula is C18H22FN3OS. The van der Waals surface area contributed by atoms with Gasteiger partial charge >= 0.3 is 0 Å². The summed E-state index contributed by atoms with van der Waals surface area (Å²) in [4.78, 5) is 19.1. The molecule has 6 heteroatoms. The molecule has 2 aromatic rings. The Morgan fingerprint density at radius 3 is 2.92 bits per heavy atom. The minimum Gasteiger partial charge on any atom is -0.348 e. The first-order valence-corrected chi connectivity index (χ1v) is 9.20. The van der Waals surface area contributed by atoms with Crippen molar-refractivity contribution in [2.45, 2.75) is 38.3 Å². The Kier molecular flexibility index (Phi) is 5.58. The molecule has 3 rings (SSSR count). The van der Waals surface area contributed by atoms with Crippen LogP contribution in [0.15, 0.2) is 29.6 Å². The minimum atomic E-state index is -0.256. The maximum Gasteiger partial charge on any atom is 0.237 e. The number of nitrogens with one attached hydrogen (secondary N) is 1. The summed E-state index contributed by atoms with van der Waals surface area (Å²) in [7, 11) is 2.02. The van der Waals surface area contributed by atoms with Gasteiger partial charge in [0.05, 0.1) is 18.3 Å². The van der Waals surface area contributed by atoms with Gasteiger partial charge in [-0.15, -0.1) is 11.3 Å². The van der Waals surface area contributed by atoms with Gasteiger partial charge in [-0.05, 0) is 50.7 Å². The van der Waals surface area contributed by atoms with Crippen LogP contribution in [0.5, 0.6) is 0 Å². The van der Waals surface area contributed by atoms with E-state index < -0.39 is 0 Å². The molecule has 1 N–H and O–H groups in total. The summed E-state index contributed by atoms with van der Waals surface area (Å²) in [6.07, 6.45) is 4.38. The Morgan fingerprint density at radius 1 is 1.33 bits per heavy atom. The monoisotopic (exact) mass is 347 g/mol. The maximum absolute atomic E-state index is 13.0. The number of benzene rings is 1. The standard InChI is InChI=1S/C18H22FN3OS/c1-22-10-4-2-3-5-16(22)18(23)20-11-17-21-15(12-24-17)13-6-8-14(19)9-7-13/h6-9,12,16H,2-5,10-11H2,1H3,(H,20,23). The van der Waals surface area contributed by atoms with Crippen molar-refractivity contribution >= 4 is 17.2 Å². The number of thiazole rings is 1. The Morgan fingerprint density at radius 2 is 2.12 bits per heavy atom. The van der Waals surface area contributed by atoms with E-state index in [1.165, 1.54) is 29.9 Å². The van der Waals surface area contributed by atoms with Crippen LogP contribution in [0.4, 0.5) is 4.39 Å². The van der Waals surface area contributed by atoms with E-state index in [1.807, 2.05) is 12.4 Å². The molecule has 0 radical (unpaired) electrons. The molecule has 0 saturated carbocycles. The number of nitrogens with zero attached hydrogens (tertiary/aromatic N) is 2. The van der Waals surface area contributed by atoms with E-state index >= 15 is 0 Å². The summed E-state index contributed by atoms with van der Waals surface area (Å²) in [6.45, 7) is 1.42. The highest BCUT2D eigenvalue weighted by Gasteiger charge is 2.24. The topological polar surface area (TPSA) is 45.2 Å². The molecule has 0 bridgehead atoms. The molecular weight excluding hydrogens is 325 g/mol. The van der Waals surface area contributed by atoms with E-state index in [0.29, 0.717) is 6.54 Å². The number of hydrogen-bond acceptors (Lipinski definition) is 4. The van der Waals surface area contributed by atoms with Crippen LogP contribution in [-0.2, 0) is 11.3 Å². The van der Waals surface area contributed by atoms with Crippen LogP contribution in [-0.4, -0.2) is 35.4 Å².